The lowest BCUT2D eigenvalue weighted by Gasteiger charge is -2.26. The molecule has 4 nitrogen and oxygen atoms in total. The highest BCUT2D eigenvalue weighted by atomic mass is 35.5. The van der Waals surface area contributed by atoms with E-state index < -0.39 is 0 Å². The lowest BCUT2D eigenvalue weighted by Crippen LogP contribution is -2.43. The number of carbonyl (C=O) groups excluding carboxylic acids is 1. The van der Waals surface area contributed by atoms with Gasteiger partial charge < -0.3 is 11.1 Å². The van der Waals surface area contributed by atoms with Gasteiger partial charge in [0.25, 0.3) is 0 Å². The van der Waals surface area contributed by atoms with E-state index in [1.807, 2.05) is 6.92 Å². The van der Waals surface area contributed by atoms with Gasteiger partial charge in [-0.3, -0.25) is 9.69 Å². The van der Waals surface area contributed by atoms with Crippen molar-refractivity contribution in [2.24, 2.45) is 0 Å². The van der Waals surface area contributed by atoms with Crippen molar-refractivity contribution in [3.63, 3.8) is 0 Å². The Morgan fingerprint density at radius 2 is 2.26 bits per heavy atom. The molecule has 0 aromatic heterocycles. The Kier molecular flexibility index (Phi) is 4.32. The van der Waals surface area contributed by atoms with Crippen molar-refractivity contribution in [3.05, 3.63) is 23.2 Å². The number of anilines is 2. The van der Waals surface area contributed by atoms with Crippen molar-refractivity contribution in [1.82, 2.24) is 4.90 Å². The molecular weight excluding hydrogens is 262 g/mol. The van der Waals surface area contributed by atoms with Gasteiger partial charge in [-0.05, 0) is 44.5 Å². The Bertz CT molecular complexity index is 474. The maximum absolute atomic E-state index is 12.2. The molecule has 1 atom stereocenters. The molecule has 0 saturated heterocycles. The average Bonchev–Trinajstić information content (AvgIpc) is 3.18. The molecule has 1 fully saturated rings. The van der Waals surface area contributed by atoms with E-state index in [4.69, 9.17) is 17.3 Å². The van der Waals surface area contributed by atoms with Gasteiger partial charge in [0.2, 0.25) is 5.91 Å². The molecule has 1 unspecified atom stereocenters. The van der Waals surface area contributed by atoms with Crippen LogP contribution in [0.4, 0.5) is 11.4 Å². The lowest BCUT2D eigenvalue weighted by atomic mass is 10.2. The molecule has 104 valence electrons. The summed E-state index contributed by atoms with van der Waals surface area (Å²) >= 11 is 6.06. The predicted molar refractivity (Wildman–Crippen MR) is 79.4 cm³/mol. The molecule has 3 N–H and O–H groups in total. The van der Waals surface area contributed by atoms with Gasteiger partial charge in [-0.2, -0.15) is 0 Å². The minimum atomic E-state index is -0.147. The molecular formula is C14H20ClN3O. The van der Waals surface area contributed by atoms with Gasteiger partial charge in [-0.15, -0.1) is 0 Å². The summed E-state index contributed by atoms with van der Waals surface area (Å²) in [5.74, 6) is -0.0274. The van der Waals surface area contributed by atoms with Crippen molar-refractivity contribution in [3.8, 4) is 0 Å². The van der Waals surface area contributed by atoms with Crippen molar-refractivity contribution in [1.29, 1.82) is 0 Å². The second-order valence-electron chi connectivity index (χ2n) is 4.97. The lowest BCUT2D eigenvalue weighted by molar-refractivity contribution is -0.120. The minimum Gasteiger partial charge on any atom is -0.399 e. The van der Waals surface area contributed by atoms with Crippen LogP contribution in [0.5, 0.6) is 0 Å². The zero-order chi connectivity index (χ0) is 14.0. The molecule has 1 saturated carbocycles. The first-order valence-corrected chi connectivity index (χ1v) is 7.02. The monoisotopic (exact) mass is 281 g/mol. The first kappa shape index (κ1) is 14.2. The highest BCUT2D eigenvalue weighted by molar-refractivity contribution is 6.34. The smallest absolute Gasteiger partial charge is 0.241 e. The van der Waals surface area contributed by atoms with Crippen LogP contribution >= 0.6 is 11.6 Å². The Balaban J connectivity index is 2.03. The zero-order valence-corrected chi connectivity index (χ0v) is 12.1. The third-order valence-corrected chi connectivity index (χ3v) is 3.82. The van der Waals surface area contributed by atoms with Crippen LogP contribution in [-0.4, -0.2) is 29.4 Å². The number of hydrogen-bond donors (Lipinski definition) is 2. The van der Waals surface area contributed by atoms with E-state index in [9.17, 15) is 4.79 Å². The van der Waals surface area contributed by atoms with Gasteiger partial charge in [0.15, 0.2) is 0 Å². The molecule has 1 aliphatic rings. The number of rotatable bonds is 5. The number of likely N-dealkylation sites (N-methyl/N-ethyl adjacent to an activating group) is 1. The van der Waals surface area contributed by atoms with Crippen LogP contribution in [-0.2, 0) is 4.79 Å². The summed E-state index contributed by atoms with van der Waals surface area (Å²) in [5.41, 5.74) is 6.83. The molecule has 1 aromatic rings. The average molecular weight is 282 g/mol. The van der Waals surface area contributed by atoms with Crippen LogP contribution in [0.15, 0.2) is 18.2 Å². The van der Waals surface area contributed by atoms with Gasteiger partial charge in [-0.1, -0.05) is 18.5 Å². The standard InChI is InChI=1S/C14H20ClN3O/c1-3-18(11-5-6-11)9(2)14(19)17-13-7-4-10(16)8-12(13)15/h4,7-9,11H,3,5-6,16H2,1-2H3,(H,17,19). The fourth-order valence-electron chi connectivity index (χ4n) is 2.27. The van der Waals surface area contributed by atoms with E-state index in [1.165, 1.54) is 12.8 Å². The second kappa shape index (κ2) is 5.80. The summed E-state index contributed by atoms with van der Waals surface area (Å²) in [4.78, 5) is 14.5. The quantitative estimate of drug-likeness (QED) is 0.816. The zero-order valence-electron chi connectivity index (χ0n) is 11.3. The van der Waals surface area contributed by atoms with E-state index in [0.29, 0.717) is 22.4 Å². The van der Waals surface area contributed by atoms with E-state index in [1.54, 1.807) is 18.2 Å². The Labute approximate surface area is 118 Å². The number of amides is 1. The van der Waals surface area contributed by atoms with Crippen LogP contribution in [0, 0.1) is 0 Å². The topological polar surface area (TPSA) is 58.4 Å². The normalized spacial score (nSPS) is 16.4. The van der Waals surface area contributed by atoms with Gasteiger partial charge in [-0.25, -0.2) is 0 Å². The van der Waals surface area contributed by atoms with Crippen LogP contribution in [0.2, 0.25) is 5.02 Å². The number of nitrogens with one attached hydrogen (secondary N) is 1. The summed E-state index contributed by atoms with van der Waals surface area (Å²) in [6.45, 7) is 4.90. The molecule has 1 aliphatic carbocycles. The molecule has 5 heteroatoms. The minimum absolute atomic E-state index is 0.0274. The maximum atomic E-state index is 12.2. The van der Waals surface area contributed by atoms with Gasteiger partial charge in [0.05, 0.1) is 16.8 Å². The maximum Gasteiger partial charge on any atom is 0.241 e. The summed E-state index contributed by atoms with van der Waals surface area (Å²) in [6.07, 6.45) is 2.38. The molecule has 1 aromatic carbocycles. The van der Waals surface area contributed by atoms with Crippen molar-refractivity contribution in [2.75, 3.05) is 17.6 Å². The molecule has 1 amide bonds. The number of nitrogens with two attached hydrogens (primary N) is 1. The number of nitrogens with zero attached hydrogens (tertiary/aromatic N) is 1. The van der Waals surface area contributed by atoms with E-state index in [2.05, 4.69) is 17.1 Å². The van der Waals surface area contributed by atoms with Crippen LogP contribution in [0.25, 0.3) is 0 Å². The predicted octanol–water partition coefficient (Wildman–Crippen LogP) is 2.73. The number of carbonyl (C=O) groups is 1. The summed E-state index contributed by atoms with van der Waals surface area (Å²) in [5, 5.41) is 3.33. The molecule has 0 heterocycles. The van der Waals surface area contributed by atoms with Gasteiger partial charge in [0.1, 0.15) is 0 Å². The molecule has 0 aliphatic heterocycles. The van der Waals surface area contributed by atoms with Crippen molar-refractivity contribution >= 4 is 28.9 Å². The number of hydrogen-bond acceptors (Lipinski definition) is 3. The molecule has 0 bridgehead atoms. The van der Waals surface area contributed by atoms with Crippen molar-refractivity contribution in [2.45, 2.75) is 38.8 Å². The number of halogens is 1. The highest BCUT2D eigenvalue weighted by Crippen LogP contribution is 2.29. The molecule has 0 radical (unpaired) electrons. The third kappa shape index (κ3) is 3.39. The largest absolute Gasteiger partial charge is 0.399 e. The highest BCUT2D eigenvalue weighted by Gasteiger charge is 2.33. The SMILES string of the molecule is CCN(C1CC1)C(C)C(=O)Nc1ccc(N)cc1Cl. The molecule has 19 heavy (non-hydrogen) atoms. The first-order valence-electron chi connectivity index (χ1n) is 6.64. The summed E-state index contributed by atoms with van der Waals surface area (Å²) in [7, 11) is 0. The number of benzene rings is 1. The molecule has 2 rings (SSSR count). The van der Waals surface area contributed by atoms with Crippen molar-refractivity contribution < 1.29 is 4.79 Å². The number of nitrogen functional groups attached to an aromatic ring is 1. The van der Waals surface area contributed by atoms with Crippen LogP contribution in [0.3, 0.4) is 0 Å². The van der Waals surface area contributed by atoms with E-state index >= 15 is 0 Å². The Hall–Kier alpha value is -1.26. The van der Waals surface area contributed by atoms with Gasteiger partial charge in [0, 0.05) is 11.7 Å². The Morgan fingerprint density at radius 1 is 1.58 bits per heavy atom. The van der Waals surface area contributed by atoms with Crippen LogP contribution < -0.4 is 11.1 Å². The second-order valence-corrected chi connectivity index (χ2v) is 5.37. The summed E-state index contributed by atoms with van der Waals surface area (Å²) < 4.78 is 0. The fraction of sp³-hybridized carbons (Fsp3) is 0.500. The van der Waals surface area contributed by atoms with E-state index in [0.717, 1.165) is 6.54 Å². The first-order chi connectivity index (χ1) is 9.02. The summed E-state index contributed by atoms with van der Waals surface area (Å²) in [6, 6.07) is 5.51. The van der Waals surface area contributed by atoms with E-state index in [-0.39, 0.29) is 11.9 Å². The fourth-order valence-corrected chi connectivity index (χ4v) is 2.51. The molecule has 0 spiro atoms. The van der Waals surface area contributed by atoms with Gasteiger partial charge >= 0.3 is 0 Å². The van der Waals surface area contributed by atoms with Crippen LogP contribution in [0.1, 0.15) is 26.7 Å². The third-order valence-electron chi connectivity index (χ3n) is 3.51. The Morgan fingerprint density at radius 3 is 2.79 bits per heavy atom.